The lowest BCUT2D eigenvalue weighted by Gasteiger charge is -2.32. The van der Waals surface area contributed by atoms with E-state index in [1.54, 1.807) is 24.3 Å². The summed E-state index contributed by atoms with van der Waals surface area (Å²) in [5.74, 6) is 0.0755. The molecule has 1 atom stereocenters. The van der Waals surface area contributed by atoms with Crippen LogP contribution in [0, 0.1) is 5.92 Å². The molecule has 1 aromatic carbocycles. The molecule has 0 bridgehead atoms. The molecule has 1 fully saturated rings. The maximum absolute atomic E-state index is 12.8. The molecule has 8 nitrogen and oxygen atoms in total. The van der Waals surface area contributed by atoms with Gasteiger partial charge in [0.2, 0.25) is 11.9 Å². The number of methoxy groups -OCH3 is 1. The van der Waals surface area contributed by atoms with E-state index in [4.69, 9.17) is 4.74 Å². The third-order valence-electron chi connectivity index (χ3n) is 4.92. The third kappa shape index (κ3) is 3.53. The predicted molar refractivity (Wildman–Crippen MR) is 104 cm³/mol. The maximum atomic E-state index is 12.8. The molecular weight excluding hydrogens is 358 g/mol. The second-order valence-electron chi connectivity index (χ2n) is 6.78. The first-order valence-corrected chi connectivity index (χ1v) is 9.19. The Kier molecular flexibility index (Phi) is 4.92. The van der Waals surface area contributed by atoms with Crippen LogP contribution >= 0.6 is 0 Å². The minimum absolute atomic E-state index is 0.0689. The Balaban J connectivity index is 1.47. The van der Waals surface area contributed by atoms with Crippen LogP contribution in [-0.2, 0) is 9.53 Å². The summed E-state index contributed by atoms with van der Waals surface area (Å²) in [6.45, 7) is 1.40. The molecule has 0 radical (unpaired) electrons. The van der Waals surface area contributed by atoms with E-state index in [-0.39, 0.29) is 11.8 Å². The van der Waals surface area contributed by atoms with Gasteiger partial charge in [0, 0.05) is 25.0 Å². The molecule has 0 aliphatic carbocycles. The van der Waals surface area contributed by atoms with Gasteiger partial charge in [0.25, 0.3) is 0 Å². The Hall–Kier alpha value is -3.42. The Morgan fingerprint density at radius 1 is 1.18 bits per heavy atom. The van der Waals surface area contributed by atoms with E-state index in [0.717, 1.165) is 31.0 Å². The first kappa shape index (κ1) is 18.0. The zero-order chi connectivity index (χ0) is 19.5. The van der Waals surface area contributed by atoms with E-state index in [9.17, 15) is 9.59 Å². The molecule has 8 heteroatoms. The van der Waals surface area contributed by atoms with E-state index in [0.29, 0.717) is 17.8 Å². The van der Waals surface area contributed by atoms with Crippen molar-refractivity contribution in [3.63, 3.8) is 0 Å². The number of piperidine rings is 1. The SMILES string of the molecule is COC(=O)c1cccc(NC(=O)C2CCCN(c3nnc4ccccn34)C2)c1. The summed E-state index contributed by atoms with van der Waals surface area (Å²) >= 11 is 0. The highest BCUT2D eigenvalue weighted by Gasteiger charge is 2.28. The summed E-state index contributed by atoms with van der Waals surface area (Å²) < 4.78 is 6.66. The molecule has 0 saturated carbocycles. The molecule has 1 saturated heterocycles. The summed E-state index contributed by atoms with van der Waals surface area (Å²) in [6, 6.07) is 12.5. The first-order chi connectivity index (χ1) is 13.7. The van der Waals surface area contributed by atoms with Gasteiger partial charge in [-0.3, -0.25) is 9.20 Å². The van der Waals surface area contributed by atoms with Gasteiger partial charge >= 0.3 is 5.97 Å². The average molecular weight is 379 g/mol. The molecule has 1 amide bonds. The molecule has 3 heterocycles. The maximum Gasteiger partial charge on any atom is 0.337 e. The lowest BCUT2D eigenvalue weighted by atomic mass is 9.97. The van der Waals surface area contributed by atoms with Crippen molar-refractivity contribution in [1.29, 1.82) is 0 Å². The molecule has 144 valence electrons. The summed E-state index contributed by atoms with van der Waals surface area (Å²) in [4.78, 5) is 26.6. The van der Waals surface area contributed by atoms with E-state index in [1.165, 1.54) is 7.11 Å². The highest BCUT2D eigenvalue weighted by molar-refractivity contribution is 5.95. The molecule has 0 spiro atoms. The normalized spacial score (nSPS) is 16.8. The van der Waals surface area contributed by atoms with E-state index >= 15 is 0 Å². The second kappa shape index (κ2) is 7.67. The third-order valence-corrected chi connectivity index (χ3v) is 4.92. The molecule has 1 N–H and O–H groups in total. The minimum atomic E-state index is -0.432. The fourth-order valence-corrected chi connectivity index (χ4v) is 3.50. The van der Waals surface area contributed by atoms with Crippen molar-refractivity contribution in [2.24, 2.45) is 5.92 Å². The van der Waals surface area contributed by atoms with Gasteiger partial charge in [-0.1, -0.05) is 12.1 Å². The summed E-state index contributed by atoms with van der Waals surface area (Å²) in [6.07, 6.45) is 3.62. The summed E-state index contributed by atoms with van der Waals surface area (Å²) in [5.41, 5.74) is 1.77. The van der Waals surface area contributed by atoms with Gasteiger partial charge in [-0.05, 0) is 43.2 Å². The standard InChI is InChI=1S/C20H21N5O3/c1-28-19(27)14-6-4-8-16(12-14)21-18(26)15-7-5-10-24(13-15)20-23-22-17-9-2-3-11-25(17)20/h2-4,6,8-9,11-12,15H,5,7,10,13H2,1H3,(H,21,26). The number of pyridine rings is 1. The lowest BCUT2D eigenvalue weighted by molar-refractivity contribution is -0.120. The second-order valence-corrected chi connectivity index (χ2v) is 6.78. The van der Waals surface area contributed by atoms with Crippen molar-refractivity contribution < 1.29 is 14.3 Å². The van der Waals surface area contributed by atoms with Crippen LogP contribution in [0.15, 0.2) is 48.7 Å². The van der Waals surface area contributed by atoms with Gasteiger partial charge in [-0.15, -0.1) is 10.2 Å². The minimum Gasteiger partial charge on any atom is -0.465 e. The number of ether oxygens (including phenoxy) is 1. The van der Waals surface area contributed by atoms with Crippen molar-refractivity contribution >= 4 is 29.2 Å². The highest BCUT2D eigenvalue weighted by atomic mass is 16.5. The van der Waals surface area contributed by atoms with Gasteiger partial charge in [-0.25, -0.2) is 4.79 Å². The number of anilines is 2. The number of rotatable bonds is 4. The van der Waals surface area contributed by atoms with Crippen LogP contribution < -0.4 is 10.2 Å². The number of nitrogens with one attached hydrogen (secondary N) is 1. The van der Waals surface area contributed by atoms with Gasteiger partial charge in [-0.2, -0.15) is 0 Å². The zero-order valence-electron chi connectivity index (χ0n) is 15.5. The van der Waals surface area contributed by atoms with Crippen LogP contribution in [-0.4, -0.2) is 46.7 Å². The Morgan fingerprint density at radius 3 is 2.93 bits per heavy atom. The summed E-state index contributed by atoms with van der Waals surface area (Å²) in [7, 11) is 1.33. The van der Waals surface area contributed by atoms with Crippen LogP contribution in [0.4, 0.5) is 11.6 Å². The van der Waals surface area contributed by atoms with Crippen molar-refractivity contribution in [3.8, 4) is 0 Å². The van der Waals surface area contributed by atoms with Gasteiger partial charge in [0.05, 0.1) is 18.6 Å². The van der Waals surface area contributed by atoms with Gasteiger partial charge < -0.3 is 15.0 Å². The van der Waals surface area contributed by atoms with Crippen LogP contribution in [0.5, 0.6) is 0 Å². The van der Waals surface area contributed by atoms with Gasteiger partial charge in [0.1, 0.15) is 0 Å². The van der Waals surface area contributed by atoms with Crippen LogP contribution in [0.1, 0.15) is 23.2 Å². The number of nitrogens with zero attached hydrogens (tertiary/aromatic N) is 4. The number of fused-ring (bicyclic) bond motifs is 1. The van der Waals surface area contributed by atoms with E-state index < -0.39 is 5.97 Å². The quantitative estimate of drug-likeness (QED) is 0.700. The first-order valence-electron chi connectivity index (χ1n) is 9.19. The van der Waals surface area contributed by atoms with Crippen LogP contribution in [0.25, 0.3) is 5.65 Å². The average Bonchev–Trinajstić information content (AvgIpc) is 3.17. The predicted octanol–water partition coefficient (Wildman–Crippen LogP) is 2.37. The Bertz CT molecular complexity index is 1020. The Morgan fingerprint density at radius 2 is 2.07 bits per heavy atom. The number of amides is 1. The number of aromatic nitrogens is 3. The summed E-state index contributed by atoms with van der Waals surface area (Å²) in [5, 5.41) is 11.4. The fourth-order valence-electron chi connectivity index (χ4n) is 3.50. The molecule has 3 aromatic rings. The lowest BCUT2D eigenvalue weighted by Crippen LogP contribution is -2.41. The topological polar surface area (TPSA) is 88.8 Å². The molecule has 2 aromatic heterocycles. The number of benzene rings is 1. The number of carbonyl (C=O) groups is 2. The van der Waals surface area contributed by atoms with Crippen LogP contribution in [0.3, 0.4) is 0 Å². The number of carbonyl (C=O) groups excluding carboxylic acids is 2. The number of hydrogen-bond donors (Lipinski definition) is 1. The fraction of sp³-hybridized carbons (Fsp3) is 0.300. The molecule has 4 rings (SSSR count). The smallest absolute Gasteiger partial charge is 0.337 e. The van der Waals surface area contributed by atoms with Crippen LogP contribution in [0.2, 0.25) is 0 Å². The van der Waals surface area contributed by atoms with Crippen molar-refractivity contribution in [2.45, 2.75) is 12.8 Å². The largest absolute Gasteiger partial charge is 0.465 e. The Labute approximate surface area is 162 Å². The molecule has 1 aliphatic heterocycles. The van der Waals surface area contributed by atoms with E-state index in [1.807, 2.05) is 28.8 Å². The molecular formula is C20H21N5O3. The monoisotopic (exact) mass is 379 g/mol. The molecule has 28 heavy (non-hydrogen) atoms. The number of esters is 1. The number of hydrogen-bond acceptors (Lipinski definition) is 6. The van der Waals surface area contributed by atoms with Crippen molar-refractivity contribution in [2.75, 3.05) is 30.4 Å². The van der Waals surface area contributed by atoms with Gasteiger partial charge in [0.15, 0.2) is 5.65 Å². The van der Waals surface area contributed by atoms with Crippen molar-refractivity contribution in [3.05, 3.63) is 54.2 Å². The molecule has 1 unspecified atom stereocenters. The van der Waals surface area contributed by atoms with Crippen molar-refractivity contribution in [1.82, 2.24) is 14.6 Å². The molecule has 1 aliphatic rings. The highest BCUT2D eigenvalue weighted by Crippen LogP contribution is 2.24. The zero-order valence-corrected chi connectivity index (χ0v) is 15.5. The van der Waals surface area contributed by atoms with E-state index in [2.05, 4.69) is 20.4 Å².